The molecule has 13 heavy (non-hydrogen) atoms. The van der Waals surface area contributed by atoms with Crippen LogP contribution in [-0.4, -0.2) is 0 Å². The van der Waals surface area contributed by atoms with Gasteiger partial charge in [-0.3, -0.25) is 0 Å². The van der Waals surface area contributed by atoms with Crippen molar-refractivity contribution in [1.29, 1.82) is 0 Å². The van der Waals surface area contributed by atoms with Gasteiger partial charge in [0.2, 0.25) is 0 Å². The summed E-state index contributed by atoms with van der Waals surface area (Å²) in [7, 11) is 0. The van der Waals surface area contributed by atoms with Gasteiger partial charge in [-0.1, -0.05) is 30.7 Å². The molecule has 0 aromatic rings. The summed E-state index contributed by atoms with van der Waals surface area (Å²) in [4.78, 5) is 0. The Balaban J connectivity index is 2.02. The van der Waals surface area contributed by atoms with Crippen LogP contribution >= 0.6 is 0 Å². The lowest BCUT2D eigenvalue weighted by molar-refractivity contribution is 0.541. The summed E-state index contributed by atoms with van der Waals surface area (Å²) in [5.41, 5.74) is 1.46. The Hall–Kier alpha value is -0.520. The molecule has 1 saturated carbocycles. The van der Waals surface area contributed by atoms with E-state index in [4.69, 9.17) is 0 Å². The molecule has 0 spiro atoms. The van der Waals surface area contributed by atoms with Crippen molar-refractivity contribution in [3.05, 3.63) is 23.8 Å². The fourth-order valence-corrected chi connectivity index (χ4v) is 2.25. The van der Waals surface area contributed by atoms with Gasteiger partial charge < -0.3 is 0 Å². The molecule has 3 atom stereocenters. The first kappa shape index (κ1) is 9.05. The average molecular weight is 176 g/mol. The second-order valence-corrected chi connectivity index (χ2v) is 4.85. The van der Waals surface area contributed by atoms with Crippen LogP contribution in [-0.2, 0) is 0 Å². The van der Waals surface area contributed by atoms with Crippen molar-refractivity contribution in [3.8, 4) is 0 Å². The average Bonchev–Trinajstić information content (AvgIpc) is 2.86. The highest BCUT2D eigenvalue weighted by Crippen LogP contribution is 2.45. The third-order valence-electron chi connectivity index (χ3n) is 3.49. The zero-order valence-electron chi connectivity index (χ0n) is 8.79. The van der Waals surface area contributed by atoms with Gasteiger partial charge in [-0.05, 0) is 50.4 Å². The van der Waals surface area contributed by atoms with E-state index in [1.165, 1.54) is 31.3 Å². The first-order chi connectivity index (χ1) is 6.25. The fraction of sp³-hybridized carbons (Fsp3) is 0.692. The van der Waals surface area contributed by atoms with E-state index in [0.29, 0.717) is 0 Å². The van der Waals surface area contributed by atoms with Gasteiger partial charge >= 0.3 is 0 Å². The maximum Gasteiger partial charge on any atom is -0.0259 e. The van der Waals surface area contributed by atoms with E-state index in [9.17, 15) is 0 Å². The van der Waals surface area contributed by atoms with Gasteiger partial charge in [0, 0.05) is 0 Å². The van der Waals surface area contributed by atoms with Crippen molar-refractivity contribution in [2.45, 2.75) is 39.5 Å². The first-order valence-corrected chi connectivity index (χ1v) is 5.60. The fourth-order valence-electron chi connectivity index (χ4n) is 2.25. The number of hydrogen-bond donors (Lipinski definition) is 0. The number of rotatable bonds is 0. The van der Waals surface area contributed by atoms with E-state index in [-0.39, 0.29) is 0 Å². The Morgan fingerprint density at radius 2 is 2.08 bits per heavy atom. The molecule has 0 heteroatoms. The summed E-state index contributed by atoms with van der Waals surface area (Å²) in [6.45, 7) is 4.56. The van der Waals surface area contributed by atoms with E-state index in [1.54, 1.807) is 0 Å². The van der Waals surface area contributed by atoms with Crippen LogP contribution in [0.25, 0.3) is 0 Å². The standard InChI is InChI=1S/C13H20/c1-10-3-4-11(2)6-8-13-9-12(13)7-5-10/h3-5,11-13H,6-9H2,1-2H3. The Kier molecular flexibility index (Phi) is 2.57. The number of hydrogen-bond acceptors (Lipinski definition) is 0. The van der Waals surface area contributed by atoms with Crippen LogP contribution in [0.5, 0.6) is 0 Å². The number of allylic oxidation sites excluding steroid dienone is 4. The van der Waals surface area contributed by atoms with Gasteiger partial charge in [0.15, 0.2) is 0 Å². The molecular formula is C13H20. The molecule has 1 fully saturated rings. The highest BCUT2D eigenvalue weighted by atomic mass is 14.4. The molecule has 0 aliphatic heterocycles. The first-order valence-electron chi connectivity index (χ1n) is 5.60. The predicted molar refractivity (Wildman–Crippen MR) is 57.5 cm³/mol. The summed E-state index contributed by atoms with van der Waals surface area (Å²) in [5.74, 6) is 2.88. The van der Waals surface area contributed by atoms with Gasteiger partial charge in [0.25, 0.3) is 0 Å². The maximum atomic E-state index is 2.42. The largest absolute Gasteiger partial charge is 0.0814 e. The van der Waals surface area contributed by atoms with Crippen molar-refractivity contribution < 1.29 is 0 Å². The van der Waals surface area contributed by atoms with Gasteiger partial charge in [0.1, 0.15) is 0 Å². The highest BCUT2D eigenvalue weighted by molar-refractivity contribution is 5.17. The summed E-state index contributed by atoms with van der Waals surface area (Å²) in [5, 5.41) is 0. The molecule has 0 N–H and O–H groups in total. The number of fused-ring (bicyclic) bond motifs is 1. The van der Waals surface area contributed by atoms with Gasteiger partial charge in [-0.25, -0.2) is 0 Å². The van der Waals surface area contributed by atoms with Gasteiger partial charge in [0.05, 0.1) is 0 Å². The van der Waals surface area contributed by atoms with Crippen molar-refractivity contribution in [2.24, 2.45) is 17.8 Å². The van der Waals surface area contributed by atoms with Crippen molar-refractivity contribution in [3.63, 3.8) is 0 Å². The smallest absolute Gasteiger partial charge is 0.0259 e. The van der Waals surface area contributed by atoms with Crippen LogP contribution in [0.3, 0.4) is 0 Å². The molecule has 0 aromatic carbocycles. The molecule has 2 aliphatic rings. The van der Waals surface area contributed by atoms with Crippen molar-refractivity contribution in [1.82, 2.24) is 0 Å². The van der Waals surface area contributed by atoms with E-state index in [0.717, 1.165) is 17.8 Å². The summed E-state index contributed by atoms with van der Waals surface area (Å²) < 4.78 is 0. The zero-order chi connectivity index (χ0) is 9.26. The third kappa shape index (κ3) is 2.46. The third-order valence-corrected chi connectivity index (χ3v) is 3.49. The van der Waals surface area contributed by atoms with Crippen LogP contribution in [0, 0.1) is 17.8 Å². The Bertz CT molecular complexity index is 234. The molecule has 0 nitrogen and oxygen atoms in total. The molecular weight excluding hydrogens is 156 g/mol. The monoisotopic (exact) mass is 176 g/mol. The second kappa shape index (κ2) is 3.69. The quantitative estimate of drug-likeness (QED) is 0.524. The van der Waals surface area contributed by atoms with Crippen LogP contribution in [0.15, 0.2) is 23.8 Å². The lowest BCUT2D eigenvalue weighted by Crippen LogP contribution is -1.93. The molecule has 0 radical (unpaired) electrons. The van der Waals surface area contributed by atoms with Crippen LogP contribution in [0.4, 0.5) is 0 Å². The van der Waals surface area contributed by atoms with Crippen molar-refractivity contribution >= 4 is 0 Å². The van der Waals surface area contributed by atoms with Gasteiger partial charge in [-0.2, -0.15) is 0 Å². The Labute approximate surface area is 81.7 Å². The topological polar surface area (TPSA) is 0 Å². The summed E-state index contributed by atoms with van der Waals surface area (Å²) in [6, 6.07) is 0. The molecule has 0 bridgehead atoms. The molecule has 72 valence electrons. The minimum absolute atomic E-state index is 0.780. The normalized spacial score (nSPS) is 39.2. The molecule has 0 heterocycles. The SMILES string of the molecule is CC1=CCC2CC2CCC(C)C=C1. The van der Waals surface area contributed by atoms with Crippen LogP contribution in [0.1, 0.15) is 39.5 Å². The predicted octanol–water partition coefficient (Wildman–Crippen LogP) is 3.95. The zero-order valence-corrected chi connectivity index (χ0v) is 8.79. The lowest BCUT2D eigenvalue weighted by atomic mass is 9.99. The van der Waals surface area contributed by atoms with Gasteiger partial charge in [-0.15, -0.1) is 0 Å². The molecule has 0 saturated heterocycles. The minimum Gasteiger partial charge on any atom is -0.0814 e. The molecule has 0 aromatic heterocycles. The van der Waals surface area contributed by atoms with Crippen molar-refractivity contribution in [2.75, 3.05) is 0 Å². The summed E-state index contributed by atoms with van der Waals surface area (Å²) in [6.07, 6.45) is 12.8. The maximum absolute atomic E-state index is 2.42. The lowest BCUT2D eigenvalue weighted by Gasteiger charge is -2.07. The molecule has 3 unspecified atom stereocenters. The van der Waals surface area contributed by atoms with Crippen LogP contribution < -0.4 is 0 Å². The van der Waals surface area contributed by atoms with E-state index in [2.05, 4.69) is 32.1 Å². The molecule has 2 aliphatic carbocycles. The second-order valence-electron chi connectivity index (χ2n) is 4.85. The Morgan fingerprint density at radius 3 is 2.92 bits per heavy atom. The Morgan fingerprint density at radius 1 is 1.23 bits per heavy atom. The van der Waals surface area contributed by atoms with E-state index >= 15 is 0 Å². The molecule has 0 amide bonds. The highest BCUT2D eigenvalue weighted by Gasteiger charge is 2.35. The van der Waals surface area contributed by atoms with E-state index in [1.807, 2.05) is 0 Å². The minimum atomic E-state index is 0.780. The van der Waals surface area contributed by atoms with Crippen LogP contribution in [0.2, 0.25) is 0 Å². The summed E-state index contributed by atoms with van der Waals surface area (Å²) >= 11 is 0. The molecule has 2 rings (SSSR count). The van der Waals surface area contributed by atoms with E-state index < -0.39 is 0 Å².